The first-order valence-electron chi connectivity index (χ1n) is 4.96. The third-order valence-corrected chi connectivity index (χ3v) is 4.41. The Morgan fingerprint density at radius 3 is 2.71 bits per heavy atom. The third kappa shape index (κ3) is 4.84. The predicted octanol–water partition coefficient (Wildman–Crippen LogP) is 2.81. The average Bonchev–Trinajstić information content (AvgIpc) is 2.23. The Morgan fingerprint density at radius 1 is 1.41 bits per heavy atom. The highest BCUT2D eigenvalue weighted by atomic mass is 79.9. The van der Waals surface area contributed by atoms with Crippen LogP contribution < -0.4 is 0 Å². The smallest absolute Gasteiger partial charge is 0.154 e. The van der Waals surface area contributed by atoms with E-state index >= 15 is 0 Å². The van der Waals surface area contributed by atoms with Gasteiger partial charge < -0.3 is 0 Å². The Bertz CT molecular complexity index is 537. The van der Waals surface area contributed by atoms with Crippen molar-refractivity contribution in [2.75, 3.05) is 5.75 Å². The van der Waals surface area contributed by atoms with E-state index in [4.69, 9.17) is 5.26 Å². The van der Waals surface area contributed by atoms with Crippen molar-refractivity contribution < 1.29 is 12.8 Å². The van der Waals surface area contributed by atoms with Gasteiger partial charge in [-0.05, 0) is 40.0 Å². The molecule has 0 aliphatic rings. The molecular weight excluding hydrogens is 309 g/mol. The van der Waals surface area contributed by atoms with Crippen molar-refractivity contribution in [3.05, 3.63) is 34.1 Å². The number of nitriles is 1. The molecular formula is C11H11BrFNO2S. The van der Waals surface area contributed by atoms with Gasteiger partial charge in [0.2, 0.25) is 0 Å². The van der Waals surface area contributed by atoms with Crippen molar-refractivity contribution in [1.29, 1.82) is 5.26 Å². The third-order valence-electron chi connectivity index (χ3n) is 2.11. The van der Waals surface area contributed by atoms with Crippen LogP contribution in [0, 0.1) is 17.1 Å². The second-order valence-electron chi connectivity index (χ2n) is 3.60. The molecule has 0 aromatic heterocycles. The van der Waals surface area contributed by atoms with Crippen LogP contribution in [0.15, 0.2) is 22.7 Å². The zero-order valence-corrected chi connectivity index (χ0v) is 11.4. The van der Waals surface area contributed by atoms with Crippen molar-refractivity contribution in [3.8, 4) is 6.07 Å². The molecule has 0 aliphatic carbocycles. The standard InChI is InChI=1S/C11H11BrFNO2S/c12-10-7-9(3-4-11(10)13)8-17(15,16)6-2-1-5-14/h3-4,7H,1-2,6,8H2. The number of sulfone groups is 1. The minimum absolute atomic E-state index is 0.0183. The summed E-state index contributed by atoms with van der Waals surface area (Å²) < 4.78 is 36.5. The fourth-order valence-corrected chi connectivity index (χ4v) is 3.17. The van der Waals surface area contributed by atoms with Crippen LogP contribution in [0.2, 0.25) is 0 Å². The summed E-state index contributed by atoms with van der Waals surface area (Å²) in [6.45, 7) is 0. The van der Waals surface area contributed by atoms with Crippen molar-refractivity contribution in [3.63, 3.8) is 0 Å². The van der Waals surface area contributed by atoms with Gasteiger partial charge in [-0.25, -0.2) is 12.8 Å². The van der Waals surface area contributed by atoms with Crippen LogP contribution in [-0.2, 0) is 15.6 Å². The summed E-state index contributed by atoms with van der Waals surface area (Å²) >= 11 is 3.00. The molecule has 0 bridgehead atoms. The molecule has 0 saturated heterocycles. The van der Waals surface area contributed by atoms with Gasteiger partial charge in [0, 0.05) is 6.42 Å². The Kier molecular flexibility index (Phi) is 5.09. The van der Waals surface area contributed by atoms with E-state index in [0.717, 1.165) is 0 Å². The molecule has 6 heteroatoms. The molecule has 92 valence electrons. The van der Waals surface area contributed by atoms with Gasteiger partial charge in [0.05, 0.1) is 22.0 Å². The van der Waals surface area contributed by atoms with Crippen LogP contribution in [0.3, 0.4) is 0 Å². The quantitative estimate of drug-likeness (QED) is 0.784. The SMILES string of the molecule is N#CCCCS(=O)(=O)Cc1ccc(F)c(Br)c1. The maximum absolute atomic E-state index is 12.9. The number of halogens is 2. The fraction of sp³-hybridized carbons (Fsp3) is 0.364. The van der Waals surface area contributed by atoms with Gasteiger partial charge in [0.15, 0.2) is 9.84 Å². The number of rotatable bonds is 5. The first-order valence-corrected chi connectivity index (χ1v) is 7.57. The lowest BCUT2D eigenvalue weighted by molar-refractivity contribution is 0.592. The molecule has 1 rings (SSSR count). The maximum atomic E-state index is 12.9. The molecule has 0 atom stereocenters. The Balaban J connectivity index is 2.70. The lowest BCUT2D eigenvalue weighted by Gasteiger charge is -2.04. The molecule has 0 spiro atoms. The highest BCUT2D eigenvalue weighted by Gasteiger charge is 2.12. The van der Waals surface area contributed by atoms with Gasteiger partial charge in [-0.3, -0.25) is 0 Å². The second kappa shape index (κ2) is 6.12. The van der Waals surface area contributed by atoms with Crippen LogP contribution in [0.1, 0.15) is 18.4 Å². The van der Waals surface area contributed by atoms with Crippen LogP contribution >= 0.6 is 15.9 Å². The Labute approximate surface area is 108 Å². The van der Waals surface area contributed by atoms with Gasteiger partial charge in [-0.2, -0.15) is 5.26 Å². The zero-order valence-electron chi connectivity index (χ0n) is 8.99. The van der Waals surface area contributed by atoms with Crippen LogP contribution in [0.4, 0.5) is 4.39 Å². The first kappa shape index (κ1) is 14.1. The zero-order chi connectivity index (χ0) is 12.9. The second-order valence-corrected chi connectivity index (χ2v) is 6.64. The summed E-state index contributed by atoms with van der Waals surface area (Å²) in [5, 5.41) is 8.33. The maximum Gasteiger partial charge on any atom is 0.154 e. The molecule has 1 aromatic carbocycles. The van der Waals surface area contributed by atoms with E-state index in [1.807, 2.05) is 6.07 Å². The van der Waals surface area contributed by atoms with E-state index in [2.05, 4.69) is 15.9 Å². The molecule has 0 amide bonds. The average molecular weight is 320 g/mol. The largest absolute Gasteiger partial charge is 0.228 e. The molecule has 0 unspecified atom stereocenters. The van der Waals surface area contributed by atoms with Gasteiger partial charge in [-0.15, -0.1) is 0 Å². The molecule has 17 heavy (non-hydrogen) atoms. The van der Waals surface area contributed by atoms with E-state index in [-0.39, 0.29) is 22.4 Å². The molecule has 0 N–H and O–H groups in total. The minimum atomic E-state index is -3.23. The van der Waals surface area contributed by atoms with E-state index in [0.29, 0.717) is 12.0 Å². The molecule has 0 fully saturated rings. The molecule has 0 saturated carbocycles. The highest BCUT2D eigenvalue weighted by Crippen LogP contribution is 2.18. The number of benzene rings is 1. The summed E-state index contributed by atoms with van der Waals surface area (Å²) in [7, 11) is -3.23. The fourth-order valence-electron chi connectivity index (χ4n) is 1.33. The van der Waals surface area contributed by atoms with E-state index in [1.54, 1.807) is 0 Å². The normalized spacial score (nSPS) is 11.1. The van der Waals surface area contributed by atoms with Crippen LogP contribution in [0.25, 0.3) is 0 Å². The summed E-state index contributed by atoms with van der Waals surface area (Å²) in [5.74, 6) is -0.567. The number of hydrogen-bond donors (Lipinski definition) is 0. The topological polar surface area (TPSA) is 57.9 Å². The number of unbranched alkanes of at least 4 members (excludes halogenated alkanes) is 1. The van der Waals surface area contributed by atoms with Crippen molar-refractivity contribution >= 4 is 25.8 Å². The van der Waals surface area contributed by atoms with E-state index in [1.165, 1.54) is 18.2 Å². The summed E-state index contributed by atoms with van der Waals surface area (Å²) in [6, 6.07) is 6.03. The van der Waals surface area contributed by atoms with E-state index < -0.39 is 15.7 Å². The summed E-state index contributed by atoms with van der Waals surface area (Å²) in [4.78, 5) is 0. The van der Waals surface area contributed by atoms with Gasteiger partial charge in [0.1, 0.15) is 5.82 Å². The van der Waals surface area contributed by atoms with E-state index in [9.17, 15) is 12.8 Å². The van der Waals surface area contributed by atoms with Gasteiger partial charge in [0.25, 0.3) is 0 Å². The van der Waals surface area contributed by atoms with Gasteiger partial charge in [-0.1, -0.05) is 6.07 Å². The first-order chi connectivity index (χ1) is 7.94. The summed E-state index contributed by atoms with van der Waals surface area (Å²) in [6.07, 6.45) is 0.563. The lowest BCUT2D eigenvalue weighted by atomic mass is 10.2. The number of hydrogen-bond acceptors (Lipinski definition) is 3. The molecule has 3 nitrogen and oxygen atoms in total. The summed E-state index contributed by atoms with van der Waals surface area (Å²) in [5.41, 5.74) is 0.537. The Morgan fingerprint density at radius 2 is 2.12 bits per heavy atom. The monoisotopic (exact) mass is 319 g/mol. The van der Waals surface area contributed by atoms with Gasteiger partial charge >= 0.3 is 0 Å². The van der Waals surface area contributed by atoms with Crippen LogP contribution in [-0.4, -0.2) is 14.2 Å². The van der Waals surface area contributed by atoms with Crippen molar-refractivity contribution in [2.24, 2.45) is 0 Å². The lowest BCUT2D eigenvalue weighted by Crippen LogP contribution is -2.09. The molecule has 0 aliphatic heterocycles. The molecule has 0 radical (unpaired) electrons. The van der Waals surface area contributed by atoms with Crippen molar-refractivity contribution in [1.82, 2.24) is 0 Å². The molecule has 0 heterocycles. The molecule has 1 aromatic rings. The Hall–Kier alpha value is -0.930. The minimum Gasteiger partial charge on any atom is -0.228 e. The van der Waals surface area contributed by atoms with Crippen molar-refractivity contribution in [2.45, 2.75) is 18.6 Å². The predicted molar refractivity (Wildman–Crippen MR) is 66.4 cm³/mol. The van der Waals surface area contributed by atoms with Crippen LogP contribution in [0.5, 0.6) is 0 Å². The highest BCUT2D eigenvalue weighted by molar-refractivity contribution is 9.10. The number of nitrogens with zero attached hydrogens (tertiary/aromatic N) is 1.